The Balaban J connectivity index is 2.96. The predicted octanol–water partition coefficient (Wildman–Crippen LogP) is 1.30. The van der Waals surface area contributed by atoms with Crippen LogP contribution in [0, 0.1) is 0 Å². The third-order valence-electron chi connectivity index (χ3n) is 1.69. The number of aldehydes is 1. The van der Waals surface area contributed by atoms with Crippen LogP contribution in [0.3, 0.4) is 0 Å². The summed E-state index contributed by atoms with van der Waals surface area (Å²) in [7, 11) is 0. The minimum atomic E-state index is -4.89. The second-order valence-electron chi connectivity index (χ2n) is 3.00. The molecule has 0 spiro atoms. The van der Waals surface area contributed by atoms with Crippen molar-refractivity contribution in [3.63, 3.8) is 0 Å². The van der Waals surface area contributed by atoms with Crippen LogP contribution in [0.2, 0.25) is 0 Å². The summed E-state index contributed by atoms with van der Waals surface area (Å²) in [6, 6.07) is 2.60. The van der Waals surface area contributed by atoms with Crippen LogP contribution in [0.25, 0.3) is 0 Å². The summed E-state index contributed by atoms with van der Waals surface area (Å²) in [5.41, 5.74) is -0.307. The van der Waals surface area contributed by atoms with Crippen molar-refractivity contribution in [3.05, 3.63) is 23.8 Å². The number of alkyl halides is 3. The van der Waals surface area contributed by atoms with E-state index in [9.17, 15) is 22.8 Å². The number of carbonyl (C=O) groups is 2. The van der Waals surface area contributed by atoms with Gasteiger partial charge in [-0.2, -0.15) is 0 Å². The van der Waals surface area contributed by atoms with Gasteiger partial charge in [0.1, 0.15) is 18.1 Å². The Labute approximate surface area is 98.7 Å². The maximum Gasteiger partial charge on any atom is 0.573 e. The van der Waals surface area contributed by atoms with Crippen LogP contribution in [0.5, 0.6) is 11.5 Å². The first-order valence-corrected chi connectivity index (χ1v) is 4.52. The molecule has 0 heterocycles. The Kier molecular flexibility index (Phi) is 4.27. The molecule has 98 valence electrons. The number of hydrogen-bond donors (Lipinski definition) is 1. The standard InChI is InChI=1S/C10H7F3O5/c11-10(12,13)18-7-1-2-8(6(3-7)4-14)17-9(16)5-15/h1-4,15H,5H2. The lowest BCUT2D eigenvalue weighted by Gasteiger charge is -2.10. The fraction of sp³-hybridized carbons (Fsp3) is 0.200. The fourth-order valence-electron chi connectivity index (χ4n) is 1.06. The van der Waals surface area contributed by atoms with Crippen molar-refractivity contribution in [2.75, 3.05) is 6.61 Å². The molecule has 0 fully saturated rings. The van der Waals surface area contributed by atoms with E-state index in [1.165, 1.54) is 0 Å². The number of esters is 1. The lowest BCUT2D eigenvalue weighted by atomic mass is 10.2. The van der Waals surface area contributed by atoms with Gasteiger partial charge in [0.25, 0.3) is 0 Å². The van der Waals surface area contributed by atoms with E-state index in [-0.39, 0.29) is 17.6 Å². The number of ether oxygens (including phenoxy) is 2. The third-order valence-corrected chi connectivity index (χ3v) is 1.69. The number of benzene rings is 1. The maximum absolute atomic E-state index is 11.9. The van der Waals surface area contributed by atoms with E-state index in [1.807, 2.05) is 0 Å². The Hall–Kier alpha value is -2.09. The zero-order valence-corrected chi connectivity index (χ0v) is 8.73. The van der Waals surface area contributed by atoms with Crippen molar-refractivity contribution in [1.29, 1.82) is 0 Å². The van der Waals surface area contributed by atoms with Gasteiger partial charge in [0.15, 0.2) is 6.29 Å². The van der Waals surface area contributed by atoms with Gasteiger partial charge in [-0.25, -0.2) is 4.79 Å². The van der Waals surface area contributed by atoms with Crippen LogP contribution >= 0.6 is 0 Å². The first-order chi connectivity index (χ1) is 8.35. The topological polar surface area (TPSA) is 72.8 Å². The van der Waals surface area contributed by atoms with Gasteiger partial charge in [-0.15, -0.1) is 13.2 Å². The molecule has 0 saturated carbocycles. The summed E-state index contributed by atoms with van der Waals surface area (Å²) in [5, 5.41) is 8.43. The van der Waals surface area contributed by atoms with Crippen molar-refractivity contribution < 1.29 is 37.3 Å². The van der Waals surface area contributed by atoms with Crippen LogP contribution in [-0.4, -0.2) is 30.3 Å². The Morgan fingerprint density at radius 1 is 1.39 bits per heavy atom. The molecule has 0 radical (unpaired) electrons. The molecule has 1 rings (SSSR count). The zero-order chi connectivity index (χ0) is 13.8. The molecular weight excluding hydrogens is 257 g/mol. The Bertz CT molecular complexity index is 455. The summed E-state index contributed by atoms with van der Waals surface area (Å²) in [4.78, 5) is 21.4. The van der Waals surface area contributed by atoms with E-state index in [2.05, 4.69) is 9.47 Å². The molecular formula is C10H7F3O5. The first kappa shape index (κ1) is 14.0. The SMILES string of the molecule is O=Cc1cc(OC(F)(F)F)ccc1OC(=O)CO. The quantitative estimate of drug-likeness (QED) is 0.504. The van der Waals surface area contributed by atoms with Gasteiger partial charge in [-0.05, 0) is 18.2 Å². The lowest BCUT2D eigenvalue weighted by Crippen LogP contribution is -2.17. The highest BCUT2D eigenvalue weighted by Crippen LogP contribution is 2.27. The van der Waals surface area contributed by atoms with E-state index in [4.69, 9.17) is 5.11 Å². The summed E-state index contributed by atoms with van der Waals surface area (Å²) >= 11 is 0. The molecule has 0 aromatic heterocycles. The molecule has 0 amide bonds. The third kappa shape index (κ3) is 4.06. The van der Waals surface area contributed by atoms with Crippen LogP contribution in [0.4, 0.5) is 13.2 Å². The number of halogens is 3. The van der Waals surface area contributed by atoms with E-state index in [0.29, 0.717) is 0 Å². The molecule has 0 atom stereocenters. The smallest absolute Gasteiger partial charge is 0.424 e. The highest BCUT2D eigenvalue weighted by atomic mass is 19.4. The van der Waals surface area contributed by atoms with Gasteiger partial charge in [-0.1, -0.05) is 0 Å². The van der Waals surface area contributed by atoms with E-state index >= 15 is 0 Å². The zero-order valence-electron chi connectivity index (χ0n) is 8.73. The fourth-order valence-corrected chi connectivity index (χ4v) is 1.06. The molecule has 18 heavy (non-hydrogen) atoms. The van der Waals surface area contributed by atoms with E-state index in [0.717, 1.165) is 18.2 Å². The van der Waals surface area contributed by atoms with Gasteiger partial charge in [-0.3, -0.25) is 4.79 Å². The van der Waals surface area contributed by atoms with Crippen LogP contribution in [0.1, 0.15) is 10.4 Å². The molecule has 0 bridgehead atoms. The van der Waals surface area contributed by atoms with Crippen molar-refractivity contribution in [2.45, 2.75) is 6.36 Å². The van der Waals surface area contributed by atoms with E-state index in [1.54, 1.807) is 0 Å². The molecule has 0 aliphatic carbocycles. The molecule has 5 nitrogen and oxygen atoms in total. The molecule has 0 aliphatic rings. The maximum atomic E-state index is 11.9. The second kappa shape index (κ2) is 5.50. The average molecular weight is 264 g/mol. The summed E-state index contributed by atoms with van der Waals surface area (Å²) in [6.07, 6.45) is -4.69. The van der Waals surface area contributed by atoms with E-state index < -0.39 is 24.7 Å². The molecule has 8 heteroatoms. The Morgan fingerprint density at radius 3 is 2.56 bits per heavy atom. The molecule has 1 N–H and O–H groups in total. The van der Waals surface area contributed by atoms with Crippen LogP contribution < -0.4 is 9.47 Å². The van der Waals surface area contributed by atoms with Gasteiger partial charge in [0.05, 0.1) is 5.56 Å². The summed E-state index contributed by atoms with van der Waals surface area (Å²) in [6.45, 7) is -0.918. The Morgan fingerprint density at radius 2 is 2.06 bits per heavy atom. The predicted molar refractivity (Wildman–Crippen MR) is 51.2 cm³/mol. The highest BCUT2D eigenvalue weighted by Gasteiger charge is 2.31. The minimum absolute atomic E-state index is 0.198. The second-order valence-corrected chi connectivity index (χ2v) is 3.00. The lowest BCUT2D eigenvalue weighted by molar-refractivity contribution is -0.274. The van der Waals surface area contributed by atoms with Crippen LogP contribution in [-0.2, 0) is 4.79 Å². The van der Waals surface area contributed by atoms with Crippen molar-refractivity contribution >= 4 is 12.3 Å². The van der Waals surface area contributed by atoms with Crippen molar-refractivity contribution in [1.82, 2.24) is 0 Å². The molecule has 1 aromatic rings. The van der Waals surface area contributed by atoms with Crippen molar-refractivity contribution in [2.24, 2.45) is 0 Å². The van der Waals surface area contributed by atoms with Gasteiger partial charge < -0.3 is 14.6 Å². The van der Waals surface area contributed by atoms with Gasteiger partial charge >= 0.3 is 12.3 Å². The largest absolute Gasteiger partial charge is 0.573 e. The van der Waals surface area contributed by atoms with Crippen molar-refractivity contribution in [3.8, 4) is 11.5 Å². The monoisotopic (exact) mass is 264 g/mol. The number of aliphatic hydroxyl groups excluding tert-OH is 1. The first-order valence-electron chi connectivity index (χ1n) is 4.52. The summed E-state index contributed by atoms with van der Waals surface area (Å²) in [5.74, 6) is -1.92. The molecule has 0 saturated heterocycles. The number of rotatable bonds is 4. The number of aliphatic hydroxyl groups is 1. The normalized spacial score (nSPS) is 10.9. The van der Waals surface area contributed by atoms with Gasteiger partial charge in [0.2, 0.25) is 0 Å². The molecule has 0 unspecified atom stereocenters. The molecule has 0 aliphatic heterocycles. The number of carbonyl (C=O) groups excluding carboxylic acids is 2. The van der Waals surface area contributed by atoms with Gasteiger partial charge in [0, 0.05) is 0 Å². The minimum Gasteiger partial charge on any atom is -0.424 e. The average Bonchev–Trinajstić information content (AvgIpc) is 2.28. The number of hydrogen-bond acceptors (Lipinski definition) is 5. The summed E-state index contributed by atoms with van der Waals surface area (Å²) < 4.78 is 43.8. The highest BCUT2D eigenvalue weighted by molar-refractivity contribution is 5.83. The van der Waals surface area contributed by atoms with Crippen LogP contribution in [0.15, 0.2) is 18.2 Å². The molecule has 1 aromatic carbocycles.